The molecule has 0 heterocycles. The number of hydrogen-bond donors (Lipinski definition) is 0. The van der Waals surface area contributed by atoms with Crippen LogP contribution >= 0.6 is 0 Å². The van der Waals surface area contributed by atoms with Crippen LogP contribution in [0.4, 0.5) is 4.39 Å². The van der Waals surface area contributed by atoms with Crippen LogP contribution in [0.5, 0.6) is 5.75 Å². The fraction of sp³-hybridized carbons (Fsp3) is 0.278. The lowest BCUT2D eigenvalue weighted by Crippen LogP contribution is -2.06. The molecule has 0 spiro atoms. The maximum atomic E-state index is 13.9. The van der Waals surface area contributed by atoms with E-state index in [9.17, 15) is 9.18 Å². The number of halogens is 1. The Labute approximate surface area is 130 Å². The highest BCUT2D eigenvalue weighted by molar-refractivity contribution is 5.96. The average Bonchev–Trinajstić information content (AvgIpc) is 2.52. The van der Waals surface area contributed by atoms with Crippen LogP contribution in [0, 0.1) is 5.82 Å². The van der Waals surface area contributed by atoms with Crippen molar-refractivity contribution in [2.45, 2.75) is 12.8 Å². The van der Waals surface area contributed by atoms with Crippen molar-refractivity contribution in [2.24, 2.45) is 0 Å². The van der Waals surface area contributed by atoms with Gasteiger partial charge in [-0.05, 0) is 30.2 Å². The van der Waals surface area contributed by atoms with Gasteiger partial charge in [0.25, 0.3) is 0 Å². The highest BCUT2D eigenvalue weighted by atomic mass is 19.1. The molecule has 3 nitrogen and oxygen atoms in total. The Morgan fingerprint density at radius 2 is 2.05 bits per heavy atom. The van der Waals surface area contributed by atoms with E-state index in [1.54, 1.807) is 31.4 Å². The van der Waals surface area contributed by atoms with Gasteiger partial charge in [-0.2, -0.15) is 0 Å². The normalized spacial score (nSPS) is 11.1. The SMILES string of the molecule is C=C/C=C(\C=C)CCC(=O)c1ccc(OCCOC)c(F)c1. The Balaban J connectivity index is 2.66. The van der Waals surface area contributed by atoms with Crippen LogP contribution in [0.15, 0.2) is 55.2 Å². The molecule has 0 aliphatic heterocycles. The summed E-state index contributed by atoms with van der Waals surface area (Å²) in [7, 11) is 1.54. The van der Waals surface area contributed by atoms with E-state index in [1.165, 1.54) is 12.1 Å². The summed E-state index contributed by atoms with van der Waals surface area (Å²) in [6, 6.07) is 4.24. The summed E-state index contributed by atoms with van der Waals surface area (Å²) in [5, 5.41) is 0. The molecule has 0 unspecified atom stereocenters. The van der Waals surface area contributed by atoms with Crippen molar-refractivity contribution in [3.05, 3.63) is 66.5 Å². The second-order valence-corrected chi connectivity index (χ2v) is 4.59. The molecule has 0 saturated heterocycles. The third-order valence-electron chi connectivity index (χ3n) is 3.03. The molecule has 0 saturated carbocycles. The first kappa shape index (κ1) is 17.9. The second kappa shape index (κ2) is 9.68. The van der Waals surface area contributed by atoms with Gasteiger partial charge in [0.15, 0.2) is 17.3 Å². The number of rotatable bonds is 10. The van der Waals surface area contributed by atoms with E-state index in [0.29, 0.717) is 18.6 Å². The lowest BCUT2D eigenvalue weighted by Gasteiger charge is -2.08. The van der Waals surface area contributed by atoms with Gasteiger partial charge >= 0.3 is 0 Å². The van der Waals surface area contributed by atoms with Gasteiger partial charge in [-0.3, -0.25) is 4.79 Å². The van der Waals surface area contributed by atoms with Crippen molar-refractivity contribution >= 4 is 5.78 Å². The molecule has 0 atom stereocenters. The molecule has 0 N–H and O–H groups in total. The highest BCUT2D eigenvalue weighted by Gasteiger charge is 2.11. The van der Waals surface area contributed by atoms with E-state index >= 15 is 0 Å². The van der Waals surface area contributed by atoms with Gasteiger partial charge < -0.3 is 9.47 Å². The number of benzene rings is 1. The number of methoxy groups -OCH3 is 1. The number of hydrogen-bond acceptors (Lipinski definition) is 3. The third-order valence-corrected chi connectivity index (χ3v) is 3.03. The second-order valence-electron chi connectivity index (χ2n) is 4.59. The van der Waals surface area contributed by atoms with Crippen molar-refractivity contribution in [2.75, 3.05) is 20.3 Å². The molecule has 0 aromatic heterocycles. The fourth-order valence-corrected chi connectivity index (χ4v) is 1.83. The summed E-state index contributed by atoms with van der Waals surface area (Å²) >= 11 is 0. The quantitative estimate of drug-likeness (QED) is 0.371. The van der Waals surface area contributed by atoms with Gasteiger partial charge in [-0.1, -0.05) is 31.4 Å². The molecule has 22 heavy (non-hydrogen) atoms. The van der Waals surface area contributed by atoms with Gasteiger partial charge in [0.2, 0.25) is 0 Å². The predicted octanol–water partition coefficient (Wildman–Crippen LogP) is 4.11. The Morgan fingerprint density at radius 1 is 1.27 bits per heavy atom. The van der Waals surface area contributed by atoms with E-state index in [1.807, 2.05) is 0 Å². The van der Waals surface area contributed by atoms with Gasteiger partial charge in [-0.25, -0.2) is 4.39 Å². The molecule has 0 bridgehead atoms. The van der Waals surface area contributed by atoms with Crippen molar-refractivity contribution in [3.8, 4) is 5.75 Å². The van der Waals surface area contributed by atoms with Crippen LogP contribution in [0.2, 0.25) is 0 Å². The molecule has 1 aromatic rings. The fourth-order valence-electron chi connectivity index (χ4n) is 1.83. The van der Waals surface area contributed by atoms with Crippen LogP contribution in [-0.4, -0.2) is 26.1 Å². The first-order chi connectivity index (χ1) is 10.6. The van der Waals surface area contributed by atoms with Gasteiger partial charge in [0.05, 0.1) is 6.61 Å². The van der Waals surface area contributed by atoms with E-state index in [-0.39, 0.29) is 24.6 Å². The van der Waals surface area contributed by atoms with Crippen molar-refractivity contribution < 1.29 is 18.7 Å². The smallest absolute Gasteiger partial charge is 0.165 e. The summed E-state index contributed by atoms with van der Waals surface area (Å²) in [5.41, 5.74) is 1.25. The number of ether oxygens (including phenoxy) is 2. The number of carbonyl (C=O) groups excluding carboxylic acids is 1. The van der Waals surface area contributed by atoms with Crippen LogP contribution < -0.4 is 4.74 Å². The van der Waals surface area contributed by atoms with Crippen LogP contribution in [0.3, 0.4) is 0 Å². The Hall–Kier alpha value is -2.20. The van der Waals surface area contributed by atoms with E-state index in [4.69, 9.17) is 9.47 Å². The summed E-state index contributed by atoms with van der Waals surface area (Å²) in [4.78, 5) is 12.1. The molecule has 0 amide bonds. The molecule has 1 rings (SSSR count). The molecule has 0 aliphatic carbocycles. The number of Topliss-reactive ketones (excluding diaryl/α,β-unsaturated/α-hetero) is 1. The largest absolute Gasteiger partial charge is 0.488 e. The maximum Gasteiger partial charge on any atom is 0.165 e. The van der Waals surface area contributed by atoms with E-state index < -0.39 is 5.82 Å². The summed E-state index contributed by atoms with van der Waals surface area (Å²) in [5.74, 6) is -0.557. The average molecular weight is 304 g/mol. The zero-order valence-corrected chi connectivity index (χ0v) is 12.8. The van der Waals surface area contributed by atoms with Crippen molar-refractivity contribution in [3.63, 3.8) is 0 Å². The lowest BCUT2D eigenvalue weighted by molar-refractivity contribution is 0.0982. The standard InChI is InChI=1S/C18H21FO3/c1-4-6-14(5-2)7-9-17(20)15-8-10-18(16(19)13-15)22-12-11-21-3/h4-6,8,10,13H,1-2,7,9,11-12H2,3H3/b14-6+. The van der Waals surface area contributed by atoms with Gasteiger partial charge in [0, 0.05) is 19.1 Å². The molecule has 0 fully saturated rings. The zero-order chi connectivity index (χ0) is 16.4. The van der Waals surface area contributed by atoms with Crippen LogP contribution in [0.25, 0.3) is 0 Å². The van der Waals surface area contributed by atoms with E-state index in [0.717, 1.165) is 5.57 Å². The summed E-state index contributed by atoms with van der Waals surface area (Å²) in [6.45, 7) is 7.92. The van der Waals surface area contributed by atoms with Crippen molar-refractivity contribution in [1.82, 2.24) is 0 Å². The zero-order valence-electron chi connectivity index (χ0n) is 12.8. The maximum absolute atomic E-state index is 13.9. The minimum absolute atomic E-state index is 0.118. The Bertz CT molecular complexity index is 561. The highest BCUT2D eigenvalue weighted by Crippen LogP contribution is 2.20. The van der Waals surface area contributed by atoms with Gasteiger partial charge in [-0.15, -0.1) is 0 Å². The third kappa shape index (κ3) is 5.66. The molecule has 118 valence electrons. The number of carbonyl (C=O) groups is 1. The van der Waals surface area contributed by atoms with Crippen LogP contribution in [0.1, 0.15) is 23.2 Å². The molecule has 1 aromatic carbocycles. The molecular weight excluding hydrogens is 283 g/mol. The molecule has 0 aliphatic rings. The Morgan fingerprint density at radius 3 is 2.64 bits per heavy atom. The van der Waals surface area contributed by atoms with Crippen LogP contribution in [-0.2, 0) is 4.74 Å². The van der Waals surface area contributed by atoms with Crippen molar-refractivity contribution in [1.29, 1.82) is 0 Å². The predicted molar refractivity (Wildman–Crippen MR) is 85.8 cm³/mol. The number of ketones is 1. The molecule has 0 radical (unpaired) electrons. The minimum Gasteiger partial charge on any atom is -0.488 e. The lowest BCUT2D eigenvalue weighted by atomic mass is 10.0. The van der Waals surface area contributed by atoms with Gasteiger partial charge in [0.1, 0.15) is 6.61 Å². The number of allylic oxidation sites excluding steroid dienone is 4. The monoisotopic (exact) mass is 304 g/mol. The molecule has 4 heteroatoms. The van der Waals surface area contributed by atoms with E-state index in [2.05, 4.69) is 13.2 Å². The topological polar surface area (TPSA) is 35.5 Å². The first-order valence-corrected chi connectivity index (χ1v) is 7.01. The molecular formula is C18H21FO3. The summed E-state index contributed by atoms with van der Waals surface area (Å²) in [6.07, 6.45) is 5.96. The summed E-state index contributed by atoms with van der Waals surface area (Å²) < 4.78 is 23.9. The Kier molecular flexibility index (Phi) is 7.86. The first-order valence-electron chi connectivity index (χ1n) is 7.01. The minimum atomic E-state index is -0.549.